The van der Waals surface area contributed by atoms with Crippen molar-refractivity contribution in [3.63, 3.8) is 0 Å². The van der Waals surface area contributed by atoms with Crippen LogP contribution < -0.4 is 0 Å². The summed E-state index contributed by atoms with van der Waals surface area (Å²) in [5, 5.41) is 22.3. The molecule has 3 rings (SSSR count). The van der Waals surface area contributed by atoms with E-state index in [0.29, 0.717) is 16.1 Å². The molecule has 0 saturated heterocycles. The first-order chi connectivity index (χ1) is 10.6. The third-order valence-corrected chi connectivity index (χ3v) is 3.88. The zero-order valence-corrected chi connectivity index (χ0v) is 12.3. The van der Waals surface area contributed by atoms with Crippen LogP contribution in [0, 0.1) is 0 Å². The number of benzene rings is 3. The molecule has 3 nitrogen and oxygen atoms in total. The summed E-state index contributed by atoms with van der Waals surface area (Å²) < 4.78 is 0. The van der Waals surface area contributed by atoms with Crippen molar-refractivity contribution in [3.8, 4) is 0 Å². The Morgan fingerprint density at radius 2 is 1.55 bits per heavy atom. The van der Waals surface area contributed by atoms with Crippen molar-refractivity contribution in [1.29, 1.82) is 0 Å². The van der Waals surface area contributed by atoms with Gasteiger partial charge in [0.2, 0.25) is 0 Å². The van der Waals surface area contributed by atoms with Gasteiger partial charge in [0.1, 0.15) is 6.10 Å². The third-order valence-electron chi connectivity index (χ3n) is 3.63. The third kappa shape index (κ3) is 2.69. The van der Waals surface area contributed by atoms with E-state index in [0.717, 1.165) is 10.8 Å². The van der Waals surface area contributed by atoms with Crippen LogP contribution in [0.15, 0.2) is 60.7 Å². The van der Waals surface area contributed by atoms with Gasteiger partial charge in [0.15, 0.2) is 0 Å². The van der Waals surface area contributed by atoms with Gasteiger partial charge >= 0.3 is 5.97 Å². The van der Waals surface area contributed by atoms with Gasteiger partial charge in [-0.1, -0.05) is 48.0 Å². The topological polar surface area (TPSA) is 57.5 Å². The molecule has 0 spiro atoms. The molecule has 1 unspecified atom stereocenters. The highest BCUT2D eigenvalue weighted by Crippen LogP contribution is 2.29. The van der Waals surface area contributed by atoms with Gasteiger partial charge in [-0.15, -0.1) is 0 Å². The van der Waals surface area contributed by atoms with Crippen molar-refractivity contribution >= 4 is 28.3 Å². The highest BCUT2D eigenvalue weighted by atomic mass is 35.5. The highest BCUT2D eigenvalue weighted by molar-refractivity contribution is 6.30. The highest BCUT2D eigenvalue weighted by Gasteiger charge is 2.19. The number of carbonyl (C=O) groups is 1. The van der Waals surface area contributed by atoms with Gasteiger partial charge in [0.05, 0.1) is 5.56 Å². The molecule has 1 atom stereocenters. The second kappa shape index (κ2) is 5.79. The van der Waals surface area contributed by atoms with Crippen molar-refractivity contribution in [2.45, 2.75) is 6.10 Å². The molecule has 0 amide bonds. The summed E-state index contributed by atoms with van der Waals surface area (Å²) in [6.45, 7) is 0. The smallest absolute Gasteiger partial charge is 0.336 e. The summed E-state index contributed by atoms with van der Waals surface area (Å²) in [7, 11) is 0. The van der Waals surface area contributed by atoms with E-state index in [2.05, 4.69) is 0 Å². The maximum absolute atomic E-state index is 11.5. The van der Waals surface area contributed by atoms with E-state index >= 15 is 0 Å². The fraction of sp³-hybridized carbons (Fsp3) is 0.0556. The van der Waals surface area contributed by atoms with E-state index in [1.54, 1.807) is 36.4 Å². The second-order valence-corrected chi connectivity index (χ2v) is 5.48. The number of aliphatic hydroxyl groups excluding tert-OH is 1. The Morgan fingerprint density at radius 1 is 0.955 bits per heavy atom. The van der Waals surface area contributed by atoms with Crippen LogP contribution in [-0.2, 0) is 0 Å². The van der Waals surface area contributed by atoms with Crippen LogP contribution in [0.5, 0.6) is 0 Å². The molecule has 0 radical (unpaired) electrons. The molecule has 110 valence electrons. The number of rotatable bonds is 3. The van der Waals surface area contributed by atoms with Gasteiger partial charge in [-0.2, -0.15) is 0 Å². The number of aliphatic hydroxyl groups is 1. The van der Waals surface area contributed by atoms with Gasteiger partial charge in [0, 0.05) is 10.6 Å². The van der Waals surface area contributed by atoms with E-state index in [-0.39, 0.29) is 5.56 Å². The molecule has 3 aromatic rings. The number of hydrogen-bond donors (Lipinski definition) is 2. The molecule has 0 fully saturated rings. The minimum atomic E-state index is -1.06. The summed E-state index contributed by atoms with van der Waals surface area (Å²) >= 11 is 5.85. The van der Waals surface area contributed by atoms with Crippen molar-refractivity contribution in [3.05, 3.63) is 82.4 Å². The summed E-state index contributed by atoms with van der Waals surface area (Å²) in [5.41, 5.74) is 1.07. The van der Waals surface area contributed by atoms with E-state index in [1.165, 1.54) is 0 Å². The van der Waals surface area contributed by atoms with E-state index in [9.17, 15) is 15.0 Å². The van der Waals surface area contributed by atoms with Crippen molar-refractivity contribution < 1.29 is 15.0 Å². The van der Waals surface area contributed by atoms with Gasteiger partial charge < -0.3 is 10.2 Å². The predicted octanol–water partition coefficient (Wildman–Crippen LogP) is 4.27. The standard InChI is InChI=1S/C18H13ClO3/c19-14-7-5-11(6-8-14)17(20)15-9-12-3-1-2-4-13(12)10-16(15)18(21)22/h1-10,17,20H,(H,21,22). The Balaban J connectivity index is 2.17. The maximum Gasteiger partial charge on any atom is 0.336 e. The van der Waals surface area contributed by atoms with Crippen LogP contribution in [-0.4, -0.2) is 16.2 Å². The van der Waals surface area contributed by atoms with Crippen LogP contribution in [0.1, 0.15) is 27.6 Å². The molecule has 0 aromatic heterocycles. The molecule has 0 bridgehead atoms. The number of hydrogen-bond acceptors (Lipinski definition) is 2. The molecule has 0 saturated carbocycles. The minimum Gasteiger partial charge on any atom is -0.478 e. The quantitative estimate of drug-likeness (QED) is 0.759. The van der Waals surface area contributed by atoms with E-state index in [4.69, 9.17) is 11.6 Å². The number of aromatic carboxylic acids is 1. The van der Waals surface area contributed by atoms with E-state index < -0.39 is 12.1 Å². The number of fused-ring (bicyclic) bond motifs is 1. The molecule has 0 aliphatic heterocycles. The van der Waals surface area contributed by atoms with E-state index in [1.807, 2.05) is 24.3 Å². The summed E-state index contributed by atoms with van der Waals surface area (Å²) in [4.78, 5) is 11.5. The Labute approximate surface area is 132 Å². The van der Waals surface area contributed by atoms with Crippen LogP contribution in [0.2, 0.25) is 5.02 Å². The molecule has 0 aliphatic rings. The Hall–Kier alpha value is -2.36. The molecule has 4 heteroatoms. The zero-order chi connectivity index (χ0) is 15.7. The van der Waals surface area contributed by atoms with Crippen molar-refractivity contribution in [1.82, 2.24) is 0 Å². The largest absolute Gasteiger partial charge is 0.478 e. The predicted molar refractivity (Wildman–Crippen MR) is 86.4 cm³/mol. The summed E-state index contributed by atoms with van der Waals surface area (Å²) in [5.74, 6) is -1.06. The minimum absolute atomic E-state index is 0.0983. The summed E-state index contributed by atoms with van der Waals surface area (Å²) in [6, 6.07) is 17.5. The molecule has 2 N–H and O–H groups in total. The van der Waals surface area contributed by atoms with Gasteiger partial charge in [-0.3, -0.25) is 0 Å². The van der Waals surface area contributed by atoms with Crippen LogP contribution in [0.25, 0.3) is 10.8 Å². The average molecular weight is 313 g/mol. The number of carboxylic acids is 1. The Bertz CT molecular complexity index is 841. The number of carboxylic acid groups (broad SMARTS) is 1. The zero-order valence-electron chi connectivity index (χ0n) is 11.5. The Kier molecular flexibility index (Phi) is 3.84. The lowest BCUT2D eigenvalue weighted by molar-refractivity contribution is 0.0691. The number of halogens is 1. The lowest BCUT2D eigenvalue weighted by atomic mass is 9.93. The first kappa shape index (κ1) is 14.6. The molecule has 22 heavy (non-hydrogen) atoms. The second-order valence-electron chi connectivity index (χ2n) is 5.05. The van der Waals surface area contributed by atoms with Gasteiger partial charge in [0.25, 0.3) is 0 Å². The molecular formula is C18H13ClO3. The van der Waals surface area contributed by atoms with Crippen LogP contribution in [0.4, 0.5) is 0 Å². The van der Waals surface area contributed by atoms with Crippen molar-refractivity contribution in [2.24, 2.45) is 0 Å². The monoisotopic (exact) mass is 312 g/mol. The van der Waals surface area contributed by atoms with Crippen molar-refractivity contribution in [2.75, 3.05) is 0 Å². The SMILES string of the molecule is O=C(O)c1cc2ccccc2cc1C(O)c1ccc(Cl)cc1. The molecule has 0 aliphatic carbocycles. The van der Waals surface area contributed by atoms with Crippen LogP contribution in [0.3, 0.4) is 0 Å². The van der Waals surface area contributed by atoms with Gasteiger partial charge in [-0.05, 0) is 40.6 Å². The normalized spacial score (nSPS) is 12.3. The maximum atomic E-state index is 11.5. The molecule has 3 aromatic carbocycles. The first-order valence-corrected chi connectivity index (χ1v) is 7.13. The Morgan fingerprint density at radius 3 is 2.14 bits per heavy atom. The van der Waals surface area contributed by atoms with Crippen LogP contribution >= 0.6 is 11.6 Å². The van der Waals surface area contributed by atoms with Gasteiger partial charge in [-0.25, -0.2) is 4.79 Å². The fourth-order valence-electron chi connectivity index (χ4n) is 2.49. The lowest BCUT2D eigenvalue weighted by Gasteiger charge is -2.15. The molecule has 0 heterocycles. The lowest BCUT2D eigenvalue weighted by Crippen LogP contribution is -2.08. The average Bonchev–Trinajstić information content (AvgIpc) is 2.53. The summed E-state index contributed by atoms with van der Waals surface area (Å²) in [6.07, 6.45) is -1.02. The molecular weight excluding hydrogens is 300 g/mol. The first-order valence-electron chi connectivity index (χ1n) is 6.76. The fourth-order valence-corrected chi connectivity index (χ4v) is 2.62.